The number of hydrogen-bond acceptors (Lipinski definition) is 4. The quantitative estimate of drug-likeness (QED) is 0.883. The Morgan fingerprint density at radius 3 is 2.67 bits per heavy atom. The van der Waals surface area contributed by atoms with Crippen molar-refractivity contribution < 1.29 is 18.3 Å². The molecule has 7 heteroatoms. The fourth-order valence-corrected chi connectivity index (χ4v) is 2.47. The van der Waals surface area contributed by atoms with Gasteiger partial charge in [0.2, 0.25) is 0 Å². The predicted molar refractivity (Wildman–Crippen MR) is 85.2 cm³/mol. The monoisotopic (exact) mass is 333 g/mol. The van der Waals surface area contributed by atoms with Crippen molar-refractivity contribution in [2.24, 2.45) is 0 Å². The van der Waals surface area contributed by atoms with Crippen LogP contribution >= 0.6 is 0 Å². The van der Waals surface area contributed by atoms with Gasteiger partial charge in [-0.3, -0.25) is 4.79 Å². The van der Waals surface area contributed by atoms with Crippen LogP contribution in [0, 0.1) is 11.6 Å². The number of rotatable bonds is 5. The second-order valence-corrected chi connectivity index (χ2v) is 5.50. The number of para-hydroxylation sites is 1. The lowest BCUT2D eigenvalue weighted by Gasteiger charge is -2.11. The molecule has 126 valence electrons. The minimum Gasteiger partial charge on any atom is -0.376 e. The zero-order valence-corrected chi connectivity index (χ0v) is 12.9. The topological polar surface area (TPSA) is 63.2 Å². The number of amides is 1. The van der Waals surface area contributed by atoms with E-state index in [-0.39, 0.29) is 23.4 Å². The molecule has 1 atom stereocenters. The molecule has 1 saturated heterocycles. The lowest BCUT2D eigenvalue weighted by atomic mass is 10.2. The number of carbonyl (C=O) groups is 1. The zero-order chi connectivity index (χ0) is 16.9. The van der Waals surface area contributed by atoms with E-state index in [2.05, 4.69) is 15.6 Å². The summed E-state index contributed by atoms with van der Waals surface area (Å²) in [6.45, 7) is 1.17. The van der Waals surface area contributed by atoms with Crippen molar-refractivity contribution in [3.8, 4) is 0 Å². The van der Waals surface area contributed by atoms with E-state index in [1.54, 1.807) is 6.07 Å². The van der Waals surface area contributed by atoms with Gasteiger partial charge in [-0.25, -0.2) is 13.8 Å². The number of nitrogens with one attached hydrogen (secondary N) is 2. The zero-order valence-electron chi connectivity index (χ0n) is 12.9. The first-order valence-corrected chi connectivity index (χ1v) is 7.70. The summed E-state index contributed by atoms with van der Waals surface area (Å²) in [6.07, 6.45) is 3.35. The second kappa shape index (κ2) is 7.35. The van der Waals surface area contributed by atoms with Crippen LogP contribution in [0.2, 0.25) is 0 Å². The molecular weight excluding hydrogens is 316 g/mol. The standard InChI is InChI=1S/C17H17F2N3O2/c18-13-4-1-5-14(19)16(13)22-11-6-7-15(20-9-11)17(23)21-10-12-3-2-8-24-12/h1,4-7,9,12,22H,2-3,8,10H2,(H,21,23). The number of ether oxygens (including phenoxy) is 1. The SMILES string of the molecule is O=C(NCC1CCCO1)c1ccc(Nc2c(F)cccc2F)cn1. The molecule has 3 rings (SSSR count). The van der Waals surface area contributed by atoms with Crippen molar-refractivity contribution >= 4 is 17.3 Å². The normalized spacial score (nSPS) is 16.8. The maximum atomic E-state index is 13.6. The largest absolute Gasteiger partial charge is 0.376 e. The van der Waals surface area contributed by atoms with Gasteiger partial charge in [-0.05, 0) is 37.1 Å². The van der Waals surface area contributed by atoms with Crippen molar-refractivity contribution in [1.29, 1.82) is 0 Å². The predicted octanol–water partition coefficient (Wildman–Crippen LogP) is 3.01. The molecule has 1 fully saturated rings. The van der Waals surface area contributed by atoms with E-state index >= 15 is 0 Å². The number of hydrogen-bond donors (Lipinski definition) is 2. The maximum Gasteiger partial charge on any atom is 0.269 e. The van der Waals surface area contributed by atoms with Crippen LogP contribution < -0.4 is 10.6 Å². The Morgan fingerprint density at radius 2 is 2.04 bits per heavy atom. The van der Waals surface area contributed by atoms with E-state index in [0.29, 0.717) is 12.2 Å². The average molecular weight is 333 g/mol. The summed E-state index contributed by atoms with van der Waals surface area (Å²) in [7, 11) is 0. The summed E-state index contributed by atoms with van der Waals surface area (Å²) in [5.41, 5.74) is 0.358. The summed E-state index contributed by atoms with van der Waals surface area (Å²) in [5, 5.41) is 5.38. The average Bonchev–Trinajstić information content (AvgIpc) is 3.10. The van der Waals surface area contributed by atoms with Gasteiger partial charge in [0.05, 0.1) is 18.0 Å². The van der Waals surface area contributed by atoms with Crippen molar-refractivity contribution in [3.63, 3.8) is 0 Å². The molecule has 24 heavy (non-hydrogen) atoms. The molecule has 1 unspecified atom stereocenters. The van der Waals surface area contributed by atoms with E-state index < -0.39 is 11.6 Å². The molecule has 1 aliphatic heterocycles. The molecule has 2 N–H and O–H groups in total. The van der Waals surface area contributed by atoms with Gasteiger partial charge in [0.1, 0.15) is 23.0 Å². The van der Waals surface area contributed by atoms with Crippen LogP contribution in [0.15, 0.2) is 36.5 Å². The van der Waals surface area contributed by atoms with Crippen LogP contribution in [0.4, 0.5) is 20.2 Å². The highest BCUT2D eigenvalue weighted by molar-refractivity contribution is 5.92. The van der Waals surface area contributed by atoms with Crippen LogP contribution in [0.5, 0.6) is 0 Å². The second-order valence-electron chi connectivity index (χ2n) is 5.50. The van der Waals surface area contributed by atoms with Gasteiger partial charge in [-0.2, -0.15) is 0 Å². The highest BCUT2D eigenvalue weighted by atomic mass is 19.1. The number of nitrogens with zero attached hydrogens (tertiary/aromatic N) is 1. The van der Waals surface area contributed by atoms with E-state index in [4.69, 9.17) is 4.74 Å². The number of halogens is 2. The molecule has 0 aliphatic carbocycles. The van der Waals surface area contributed by atoms with Gasteiger partial charge < -0.3 is 15.4 Å². The van der Waals surface area contributed by atoms with Gasteiger partial charge in [-0.15, -0.1) is 0 Å². The number of benzene rings is 1. The third-order valence-electron chi connectivity index (χ3n) is 3.74. The van der Waals surface area contributed by atoms with Crippen LogP contribution in [0.3, 0.4) is 0 Å². The molecule has 1 aromatic heterocycles. The molecule has 0 radical (unpaired) electrons. The molecule has 5 nitrogen and oxygen atoms in total. The minimum atomic E-state index is -0.701. The van der Waals surface area contributed by atoms with Crippen LogP contribution in [-0.4, -0.2) is 30.1 Å². The third kappa shape index (κ3) is 3.86. The Kier molecular flexibility index (Phi) is 5.00. The van der Waals surface area contributed by atoms with E-state index in [9.17, 15) is 13.6 Å². The summed E-state index contributed by atoms with van der Waals surface area (Å²) in [6, 6.07) is 6.64. The molecule has 2 aromatic rings. The van der Waals surface area contributed by atoms with E-state index in [1.807, 2.05) is 0 Å². The van der Waals surface area contributed by atoms with Crippen LogP contribution in [0.1, 0.15) is 23.3 Å². The number of aromatic nitrogens is 1. The van der Waals surface area contributed by atoms with E-state index in [0.717, 1.165) is 31.6 Å². The highest BCUT2D eigenvalue weighted by Gasteiger charge is 2.17. The fraction of sp³-hybridized carbons (Fsp3) is 0.294. The molecular formula is C17H17F2N3O2. The molecule has 0 bridgehead atoms. The molecule has 1 aromatic carbocycles. The van der Waals surface area contributed by atoms with Gasteiger partial charge in [-0.1, -0.05) is 6.07 Å². The lowest BCUT2D eigenvalue weighted by molar-refractivity contribution is 0.0854. The summed E-state index contributed by atoms with van der Waals surface area (Å²) in [4.78, 5) is 16.0. The first-order valence-electron chi connectivity index (χ1n) is 7.70. The molecule has 0 spiro atoms. The van der Waals surface area contributed by atoms with Gasteiger partial charge in [0.25, 0.3) is 5.91 Å². The first-order chi connectivity index (χ1) is 11.6. The van der Waals surface area contributed by atoms with Gasteiger partial charge in [0, 0.05) is 13.2 Å². The fourth-order valence-electron chi connectivity index (χ4n) is 2.47. The van der Waals surface area contributed by atoms with Crippen LogP contribution in [0.25, 0.3) is 0 Å². The highest BCUT2D eigenvalue weighted by Crippen LogP contribution is 2.22. The third-order valence-corrected chi connectivity index (χ3v) is 3.74. The number of pyridine rings is 1. The summed E-state index contributed by atoms with van der Waals surface area (Å²) in [5.74, 6) is -1.71. The minimum absolute atomic E-state index is 0.0546. The smallest absolute Gasteiger partial charge is 0.269 e. The van der Waals surface area contributed by atoms with Gasteiger partial charge in [0.15, 0.2) is 0 Å². The van der Waals surface area contributed by atoms with E-state index in [1.165, 1.54) is 18.3 Å². The molecule has 1 amide bonds. The Morgan fingerprint density at radius 1 is 1.25 bits per heavy atom. The van der Waals surface area contributed by atoms with Crippen molar-refractivity contribution in [2.75, 3.05) is 18.5 Å². The number of anilines is 2. The Labute approximate surface area is 138 Å². The Bertz CT molecular complexity index is 696. The molecule has 2 heterocycles. The lowest BCUT2D eigenvalue weighted by Crippen LogP contribution is -2.32. The number of carbonyl (C=O) groups excluding carboxylic acids is 1. The Hall–Kier alpha value is -2.54. The molecule has 0 saturated carbocycles. The van der Waals surface area contributed by atoms with Crippen molar-refractivity contribution in [2.45, 2.75) is 18.9 Å². The first kappa shape index (κ1) is 16.3. The summed E-state index contributed by atoms with van der Waals surface area (Å²) >= 11 is 0. The van der Waals surface area contributed by atoms with Gasteiger partial charge >= 0.3 is 0 Å². The Balaban J connectivity index is 1.61. The van der Waals surface area contributed by atoms with Crippen molar-refractivity contribution in [1.82, 2.24) is 10.3 Å². The maximum absolute atomic E-state index is 13.6. The van der Waals surface area contributed by atoms with Crippen molar-refractivity contribution in [3.05, 3.63) is 53.9 Å². The summed E-state index contributed by atoms with van der Waals surface area (Å²) < 4.78 is 32.6. The molecule has 1 aliphatic rings. The van der Waals surface area contributed by atoms with Crippen LogP contribution in [-0.2, 0) is 4.74 Å².